The van der Waals surface area contributed by atoms with Crippen molar-refractivity contribution in [3.8, 4) is 0 Å². The zero-order valence-corrected chi connectivity index (χ0v) is 20.8. The quantitative estimate of drug-likeness (QED) is 0.341. The molecule has 0 aliphatic carbocycles. The smallest absolute Gasteiger partial charge is 0.312 e. The Labute approximate surface area is 215 Å². The maximum Gasteiger partial charge on any atom is 0.312 e. The van der Waals surface area contributed by atoms with E-state index in [0.29, 0.717) is 36.5 Å². The van der Waals surface area contributed by atoms with Crippen LogP contribution in [0.15, 0.2) is 48.6 Å². The number of halogens is 1. The Hall–Kier alpha value is -2.68. The molecule has 0 bridgehead atoms. The lowest BCUT2D eigenvalue weighted by atomic mass is 9.77. The van der Waals surface area contributed by atoms with Crippen molar-refractivity contribution in [3.05, 3.63) is 53.6 Å². The minimum atomic E-state index is -1.28. The van der Waals surface area contributed by atoms with E-state index in [9.17, 15) is 14.4 Å². The van der Waals surface area contributed by atoms with Crippen LogP contribution < -0.4 is 4.90 Å². The lowest BCUT2D eigenvalue weighted by Gasteiger charge is -2.35. The van der Waals surface area contributed by atoms with Gasteiger partial charge in [0.1, 0.15) is 17.6 Å². The van der Waals surface area contributed by atoms with E-state index in [1.54, 1.807) is 28.0 Å². The van der Waals surface area contributed by atoms with E-state index in [0.717, 1.165) is 12.8 Å². The molecule has 1 aromatic carbocycles. The van der Waals surface area contributed by atoms with Gasteiger partial charge in [-0.1, -0.05) is 60.9 Å². The number of amides is 2. The second-order valence-corrected chi connectivity index (χ2v) is 10.1. The Kier molecular flexibility index (Phi) is 7.19. The number of fused-ring (bicyclic) bond motifs is 2. The number of carbonyl (C=O) groups excluding carboxylic acids is 3. The molecule has 0 radical (unpaired) electrons. The molecular weight excluding hydrogens is 484 g/mol. The van der Waals surface area contributed by atoms with Crippen molar-refractivity contribution in [2.24, 2.45) is 11.8 Å². The molecule has 2 fully saturated rings. The number of rotatable bonds is 7. The molecular formula is C27H31ClN2O6. The van der Waals surface area contributed by atoms with Crippen molar-refractivity contribution in [2.45, 2.75) is 49.9 Å². The van der Waals surface area contributed by atoms with E-state index in [2.05, 4.69) is 0 Å². The third-order valence-electron chi connectivity index (χ3n) is 7.57. The molecule has 4 aliphatic heterocycles. The Morgan fingerprint density at radius 1 is 1.06 bits per heavy atom. The number of hydrogen-bond acceptors (Lipinski definition) is 6. The summed E-state index contributed by atoms with van der Waals surface area (Å²) < 4.78 is 12.0. The second kappa shape index (κ2) is 10.4. The molecule has 1 aromatic rings. The number of nitrogens with zero attached hydrogens (tertiary/aromatic N) is 2. The number of benzene rings is 1. The molecule has 2 amide bonds. The van der Waals surface area contributed by atoms with E-state index in [1.807, 2.05) is 30.4 Å². The predicted octanol–water partition coefficient (Wildman–Crippen LogP) is 2.88. The minimum absolute atomic E-state index is 0.124. The van der Waals surface area contributed by atoms with Crippen LogP contribution in [0.2, 0.25) is 5.02 Å². The summed E-state index contributed by atoms with van der Waals surface area (Å²) in [5, 5.41) is 9.52. The fraction of sp³-hybridized carbons (Fsp3) is 0.519. The number of anilines is 1. The Balaban J connectivity index is 1.54. The highest BCUT2D eigenvalue weighted by Crippen LogP contribution is 2.53. The lowest BCUT2D eigenvalue weighted by Crippen LogP contribution is -2.55. The van der Waals surface area contributed by atoms with Crippen LogP contribution >= 0.6 is 11.6 Å². The molecule has 9 heteroatoms. The van der Waals surface area contributed by atoms with Crippen molar-refractivity contribution in [1.29, 1.82) is 0 Å². The first kappa shape index (κ1) is 25.0. The Bertz CT molecular complexity index is 1090. The number of unbranched alkanes of at least 4 members (excludes halogenated alkanes) is 3. The number of hydrogen-bond donors (Lipinski definition) is 1. The van der Waals surface area contributed by atoms with Gasteiger partial charge in [0.05, 0.1) is 29.3 Å². The average molecular weight is 515 g/mol. The van der Waals surface area contributed by atoms with Gasteiger partial charge in [0, 0.05) is 19.7 Å². The normalized spacial score (nSPS) is 31.4. The molecule has 5 atom stereocenters. The van der Waals surface area contributed by atoms with E-state index in [4.69, 9.17) is 26.2 Å². The predicted molar refractivity (Wildman–Crippen MR) is 133 cm³/mol. The topological polar surface area (TPSA) is 96.4 Å². The van der Waals surface area contributed by atoms with Gasteiger partial charge in [-0.15, -0.1) is 0 Å². The number of para-hydroxylation sites is 1. The molecule has 1 N–H and O–H groups in total. The highest BCUT2D eigenvalue weighted by Gasteiger charge is 2.71. The first-order valence-corrected chi connectivity index (χ1v) is 13.0. The van der Waals surface area contributed by atoms with Gasteiger partial charge in [-0.3, -0.25) is 14.4 Å². The van der Waals surface area contributed by atoms with Crippen LogP contribution in [-0.4, -0.2) is 71.8 Å². The first-order chi connectivity index (χ1) is 17.5. The Morgan fingerprint density at radius 3 is 2.67 bits per heavy atom. The molecule has 0 aromatic heterocycles. The fourth-order valence-electron chi connectivity index (χ4n) is 5.98. The molecule has 4 heterocycles. The SMILES string of the molecule is O=C1OCCC=C[C@@H]2O[C@]34C=CCN(c5ccccc5Cl)C(=O)C3N(CCCCCCO)C(=O)[C@@H]4[C@H]12. The largest absolute Gasteiger partial charge is 0.465 e. The van der Waals surface area contributed by atoms with Gasteiger partial charge in [-0.05, 0) is 31.4 Å². The fourth-order valence-corrected chi connectivity index (χ4v) is 6.22. The molecule has 4 aliphatic rings. The molecule has 1 unspecified atom stereocenters. The van der Waals surface area contributed by atoms with Gasteiger partial charge in [-0.25, -0.2) is 0 Å². The van der Waals surface area contributed by atoms with Crippen molar-refractivity contribution >= 4 is 35.1 Å². The van der Waals surface area contributed by atoms with Crippen LogP contribution in [0.1, 0.15) is 32.1 Å². The number of aliphatic hydroxyl groups excluding tert-OH is 1. The second-order valence-electron chi connectivity index (χ2n) is 9.70. The number of cyclic esters (lactones) is 1. The summed E-state index contributed by atoms with van der Waals surface area (Å²) >= 11 is 6.46. The van der Waals surface area contributed by atoms with Crippen LogP contribution in [0.4, 0.5) is 5.69 Å². The van der Waals surface area contributed by atoms with E-state index in [-0.39, 0.29) is 31.6 Å². The number of ether oxygens (including phenoxy) is 2. The van der Waals surface area contributed by atoms with Crippen molar-refractivity contribution < 1.29 is 29.0 Å². The van der Waals surface area contributed by atoms with Gasteiger partial charge >= 0.3 is 5.97 Å². The molecule has 36 heavy (non-hydrogen) atoms. The van der Waals surface area contributed by atoms with E-state index >= 15 is 0 Å². The standard InChI is InChI=1S/C27H31ClN2O6/c28-18-10-3-4-11-19(18)29-15-9-13-27-22(21-20(36-27)12-5-8-17-35-26(21)34)24(32)30(23(27)25(29)33)14-6-1-2-7-16-31/h3-5,9-13,20-23,31H,1-2,6-8,14-17H2/t20-,21+,22-,23?,27-/m0/s1. The average Bonchev–Trinajstić information content (AvgIpc) is 3.23. The maximum absolute atomic E-state index is 14.2. The zero-order valence-electron chi connectivity index (χ0n) is 20.1. The summed E-state index contributed by atoms with van der Waals surface area (Å²) in [6.07, 6.45) is 10.3. The van der Waals surface area contributed by atoms with Gasteiger partial charge in [0.15, 0.2) is 0 Å². The van der Waals surface area contributed by atoms with Gasteiger partial charge < -0.3 is 24.4 Å². The van der Waals surface area contributed by atoms with E-state index < -0.39 is 35.6 Å². The third kappa shape index (κ3) is 4.15. The van der Waals surface area contributed by atoms with Crippen LogP contribution in [0.3, 0.4) is 0 Å². The van der Waals surface area contributed by atoms with Crippen LogP contribution in [0, 0.1) is 11.8 Å². The van der Waals surface area contributed by atoms with Crippen molar-refractivity contribution in [3.63, 3.8) is 0 Å². The number of carbonyl (C=O) groups is 3. The highest BCUT2D eigenvalue weighted by molar-refractivity contribution is 6.34. The van der Waals surface area contributed by atoms with Crippen LogP contribution in [0.25, 0.3) is 0 Å². The zero-order chi connectivity index (χ0) is 25.3. The summed E-state index contributed by atoms with van der Waals surface area (Å²) in [7, 11) is 0. The summed E-state index contributed by atoms with van der Waals surface area (Å²) in [5.74, 6) is -2.69. The molecule has 5 rings (SSSR count). The minimum Gasteiger partial charge on any atom is -0.465 e. The number of likely N-dealkylation sites (tertiary alicyclic amines) is 1. The van der Waals surface area contributed by atoms with Crippen molar-refractivity contribution in [2.75, 3.05) is 31.2 Å². The third-order valence-corrected chi connectivity index (χ3v) is 7.89. The van der Waals surface area contributed by atoms with Gasteiger partial charge in [0.2, 0.25) is 5.91 Å². The van der Waals surface area contributed by atoms with Crippen LogP contribution in [-0.2, 0) is 23.9 Å². The summed E-state index contributed by atoms with van der Waals surface area (Å²) in [6.45, 7) is 0.998. The Morgan fingerprint density at radius 2 is 1.86 bits per heavy atom. The number of esters is 1. The molecule has 192 valence electrons. The highest BCUT2D eigenvalue weighted by atomic mass is 35.5. The van der Waals surface area contributed by atoms with Gasteiger partial charge in [0.25, 0.3) is 5.91 Å². The van der Waals surface area contributed by atoms with E-state index in [1.165, 1.54) is 0 Å². The summed E-state index contributed by atoms with van der Waals surface area (Å²) in [6, 6.07) is 6.19. The molecule has 2 saturated heterocycles. The molecule has 8 nitrogen and oxygen atoms in total. The summed E-state index contributed by atoms with van der Waals surface area (Å²) in [5.41, 5.74) is -0.717. The molecule has 0 saturated carbocycles. The maximum atomic E-state index is 14.2. The monoisotopic (exact) mass is 514 g/mol. The lowest BCUT2D eigenvalue weighted by molar-refractivity contribution is -0.154. The number of aliphatic hydroxyl groups is 1. The first-order valence-electron chi connectivity index (χ1n) is 12.7. The van der Waals surface area contributed by atoms with Gasteiger partial charge in [-0.2, -0.15) is 0 Å². The van der Waals surface area contributed by atoms with Crippen molar-refractivity contribution in [1.82, 2.24) is 4.90 Å². The summed E-state index contributed by atoms with van der Waals surface area (Å²) in [4.78, 5) is 44.5. The van der Waals surface area contributed by atoms with Crippen LogP contribution in [0.5, 0.6) is 0 Å². The molecule has 1 spiro atoms.